The molecule has 1 unspecified atom stereocenters. The quantitative estimate of drug-likeness (QED) is 0.701. The lowest BCUT2D eigenvalue weighted by molar-refractivity contribution is 0.0615. The summed E-state index contributed by atoms with van der Waals surface area (Å²) in [6, 6.07) is 0.734. The molecule has 1 heterocycles. The van der Waals surface area contributed by atoms with Gasteiger partial charge in [-0.3, -0.25) is 4.90 Å². The monoisotopic (exact) mass is 226 g/mol. The second-order valence-electron chi connectivity index (χ2n) is 5.74. The Morgan fingerprint density at radius 2 is 1.81 bits per heavy atom. The molecule has 3 N–H and O–H groups in total. The Morgan fingerprint density at radius 3 is 2.44 bits per heavy atom. The molecule has 0 radical (unpaired) electrons. The van der Waals surface area contributed by atoms with Crippen LogP contribution in [0.1, 0.15) is 51.4 Å². The van der Waals surface area contributed by atoms with Gasteiger partial charge in [0.1, 0.15) is 0 Å². The lowest BCUT2D eigenvalue weighted by Crippen LogP contribution is -2.58. The molecule has 1 saturated heterocycles. The lowest BCUT2D eigenvalue weighted by atomic mass is 9.89. The zero-order valence-corrected chi connectivity index (χ0v) is 10.3. The number of hydrogen-bond acceptors (Lipinski definition) is 3. The van der Waals surface area contributed by atoms with E-state index in [-0.39, 0.29) is 12.1 Å². The first-order valence-corrected chi connectivity index (χ1v) is 6.87. The number of rotatable bonds is 2. The first-order valence-electron chi connectivity index (χ1n) is 6.87. The minimum atomic E-state index is -0.329. The third-order valence-electron chi connectivity index (χ3n) is 4.29. The van der Waals surface area contributed by atoms with Crippen molar-refractivity contribution >= 4 is 0 Å². The second kappa shape index (κ2) is 5.48. The second-order valence-corrected chi connectivity index (χ2v) is 5.74. The van der Waals surface area contributed by atoms with Crippen molar-refractivity contribution < 1.29 is 5.11 Å². The molecule has 1 aliphatic carbocycles. The molecule has 0 aromatic rings. The first-order chi connectivity index (χ1) is 7.73. The molecule has 3 nitrogen and oxygen atoms in total. The largest absolute Gasteiger partial charge is 0.394 e. The summed E-state index contributed by atoms with van der Waals surface area (Å²) in [6.07, 6.45) is 10.3. The van der Waals surface area contributed by atoms with E-state index in [9.17, 15) is 5.11 Å². The van der Waals surface area contributed by atoms with Crippen molar-refractivity contribution in [2.45, 2.75) is 62.9 Å². The van der Waals surface area contributed by atoms with Crippen molar-refractivity contribution in [3.8, 4) is 0 Å². The fraction of sp³-hybridized carbons (Fsp3) is 1.00. The maximum absolute atomic E-state index is 9.37. The number of aliphatic hydroxyl groups is 1. The Balaban J connectivity index is 1.92. The van der Waals surface area contributed by atoms with Gasteiger partial charge in [-0.15, -0.1) is 0 Å². The maximum Gasteiger partial charge on any atom is 0.0623 e. The van der Waals surface area contributed by atoms with Gasteiger partial charge in [-0.05, 0) is 32.2 Å². The predicted molar refractivity (Wildman–Crippen MR) is 66.3 cm³/mol. The molecular formula is C13H26N2O. The van der Waals surface area contributed by atoms with E-state index in [1.165, 1.54) is 45.1 Å². The highest BCUT2D eigenvalue weighted by molar-refractivity contribution is 4.93. The zero-order chi connectivity index (χ0) is 11.4. The molecule has 1 atom stereocenters. The molecule has 0 aromatic heterocycles. The van der Waals surface area contributed by atoms with Crippen LogP contribution in [-0.4, -0.2) is 41.3 Å². The van der Waals surface area contributed by atoms with Crippen LogP contribution >= 0.6 is 0 Å². The molecule has 3 heteroatoms. The fourth-order valence-electron chi connectivity index (χ4n) is 3.26. The van der Waals surface area contributed by atoms with E-state index in [2.05, 4.69) is 4.90 Å². The number of nitrogens with zero attached hydrogens (tertiary/aromatic N) is 1. The molecule has 94 valence electrons. The highest BCUT2D eigenvalue weighted by Gasteiger charge is 2.33. The summed E-state index contributed by atoms with van der Waals surface area (Å²) in [7, 11) is 0. The molecule has 2 rings (SSSR count). The predicted octanol–water partition coefficient (Wildman–Crippen LogP) is 1.49. The van der Waals surface area contributed by atoms with Gasteiger partial charge in [-0.1, -0.05) is 25.7 Å². The Hall–Kier alpha value is -0.120. The van der Waals surface area contributed by atoms with Crippen LogP contribution in [-0.2, 0) is 0 Å². The van der Waals surface area contributed by atoms with Crippen molar-refractivity contribution in [3.05, 3.63) is 0 Å². The smallest absolute Gasteiger partial charge is 0.0623 e. The van der Waals surface area contributed by atoms with Crippen molar-refractivity contribution in [3.63, 3.8) is 0 Å². The van der Waals surface area contributed by atoms with Gasteiger partial charge in [0, 0.05) is 12.6 Å². The van der Waals surface area contributed by atoms with Crippen molar-refractivity contribution in [1.29, 1.82) is 0 Å². The van der Waals surface area contributed by atoms with E-state index >= 15 is 0 Å². The summed E-state index contributed by atoms with van der Waals surface area (Å²) >= 11 is 0. The molecule has 2 fully saturated rings. The number of hydrogen-bond donors (Lipinski definition) is 2. The molecule has 16 heavy (non-hydrogen) atoms. The Bertz CT molecular complexity index is 214. The van der Waals surface area contributed by atoms with Crippen LogP contribution in [0.25, 0.3) is 0 Å². The average Bonchev–Trinajstić information content (AvgIpc) is 2.58. The van der Waals surface area contributed by atoms with Crippen LogP contribution in [0.2, 0.25) is 0 Å². The van der Waals surface area contributed by atoms with Gasteiger partial charge in [-0.2, -0.15) is 0 Å². The summed E-state index contributed by atoms with van der Waals surface area (Å²) < 4.78 is 0. The number of piperidine rings is 1. The standard InChI is InChI=1S/C13H26N2O/c14-13(11-16)8-5-9-15(10-13)12-6-3-1-2-4-7-12/h12,16H,1-11,14H2. The van der Waals surface area contributed by atoms with E-state index in [0.29, 0.717) is 0 Å². The van der Waals surface area contributed by atoms with Crippen molar-refractivity contribution in [1.82, 2.24) is 4.90 Å². The molecule has 0 bridgehead atoms. The van der Waals surface area contributed by atoms with Crippen LogP contribution in [0.3, 0.4) is 0 Å². The molecule has 1 saturated carbocycles. The molecule has 0 aromatic carbocycles. The van der Waals surface area contributed by atoms with E-state index in [1.807, 2.05) is 0 Å². The number of aliphatic hydroxyl groups excluding tert-OH is 1. The van der Waals surface area contributed by atoms with E-state index in [4.69, 9.17) is 5.73 Å². The van der Waals surface area contributed by atoms with E-state index < -0.39 is 0 Å². The summed E-state index contributed by atoms with van der Waals surface area (Å²) in [5, 5.41) is 9.37. The van der Waals surface area contributed by atoms with Crippen molar-refractivity contribution in [2.75, 3.05) is 19.7 Å². The number of nitrogens with two attached hydrogens (primary N) is 1. The summed E-state index contributed by atoms with van der Waals surface area (Å²) in [6.45, 7) is 2.22. The lowest BCUT2D eigenvalue weighted by Gasteiger charge is -2.43. The first kappa shape index (κ1) is 12.3. The third kappa shape index (κ3) is 2.96. The molecule has 0 spiro atoms. The maximum atomic E-state index is 9.37. The van der Waals surface area contributed by atoms with Gasteiger partial charge >= 0.3 is 0 Å². The normalized spacial score (nSPS) is 34.9. The summed E-state index contributed by atoms with van der Waals surface area (Å²) in [4.78, 5) is 2.55. The summed E-state index contributed by atoms with van der Waals surface area (Å²) in [5.74, 6) is 0. The van der Waals surface area contributed by atoms with E-state index in [0.717, 1.165) is 25.4 Å². The Kier molecular flexibility index (Phi) is 4.22. The van der Waals surface area contributed by atoms with Crippen LogP contribution < -0.4 is 5.73 Å². The van der Waals surface area contributed by atoms with Crippen LogP contribution in [0.15, 0.2) is 0 Å². The SMILES string of the molecule is NC1(CO)CCCN(C2CCCCCC2)C1. The Labute approximate surface area is 99.0 Å². The highest BCUT2D eigenvalue weighted by Crippen LogP contribution is 2.27. The van der Waals surface area contributed by atoms with Gasteiger partial charge < -0.3 is 10.8 Å². The molecule has 1 aliphatic heterocycles. The minimum Gasteiger partial charge on any atom is -0.394 e. The Morgan fingerprint density at radius 1 is 1.12 bits per heavy atom. The highest BCUT2D eigenvalue weighted by atomic mass is 16.3. The fourth-order valence-corrected chi connectivity index (χ4v) is 3.26. The van der Waals surface area contributed by atoms with E-state index in [1.54, 1.807) is 0 Å². The van der Waals surface area contributed by atoms with Crippen LogP contribution in [0.4, 0.5) is 0 Å². The zero-order valence-electron chi connectivity index (χ0n) is 10.3. The average molecular weight is 226 g/mol. The topological polar surface area (TPSA) is 49.5 Å². The van der Waals surface area contributed by atoms with Gasteiger partial charge in [0.2, 0.25) is 0 Å². The van der Waals surface area contributed by atoms with Crippen LogP contribution in [0, 0.1) is 0 Å². The molecular weight excluding hydrogens is 200 g/mol. The summed E-state index contributed by atoms with van der Waals surface area (Å²) in [5.41, 5.74) is 5.87. The van der Waals surface area contributed by atoms with Crippen LogP contribution in [0.5, 0.6) is 0 Å². The number of likely N-dealkylation sites (tertiary alicyclic amines) is 1. The van der Waals surface area contributed by atoms with Crippen molar-refractivity contribution in [2.24, 2.45) is 5.73 Å². The molecule has 0 amide bonds. The van der Waals surface area contributed by atoms with Gasteiger partial charge in [0.15, 0.2) is 0 Å². The molecule has 2 aliphatic rings. The third-order valence-corrected chi connectivity index (χ3v) is 4.29. The van der Waals surface area contributed by atoms with Gasteiger partial charge in [0.25, 0.3) is 0 Å². The minimum absolute atomic E-state index is 0.135. The van der Waals surface area contributed by atoms with Gasteiger partial charge in [0.05, 0.1) is 12.1 Å². The van der Waals surface area contributed by atoms with Gasteiger partial charge in [-0.25, -0.2) is 0 Å².